The molecule has 0 saturated carbocycles. The molecule has 2 N–H and O–H groups in total. The average molecular weight is 304 g/mol. The molecular weight excluding hydrogens is 280 g/mol. The van der Waals surface area contributed by atoms with E-state index in [4.69, 9.17) is 14.6 Å². The van der Waals surface area contributed by atoms with Gasteiger partial charge in [0.05, 0.1) is 12.7 Å². The van der Waals surface area contributed by atoms with Crippen LogP contribution in [0, 0.1) is 0 Å². The van der Waals surface area contributed by atoms with Gasteiger partial charge in [-0.15, -0.1) is 0 Å². The fourth-order valence-corrected chi connectivity index (χ4v) is 2.35. The van der Waals surface area contributed by atoms with Crippen molar-refractivity contribution in [3.05, 3.63) is 0 Å². The molecule has 0 aromatic carbocycles. The van der Waals surface area contributed by atoms with Gasteiger partial charge in [-0.05, 0) is 6.42 Å². The van der Waals surface area contributed by atoms with Crippen molar-refractivity contribution < 1.29 is 29.3 Å². The van der Waals surface area contributed by atoms with Gasteiger partial charge in [0.25, 0.3) is 0 Å². The van der Waals surface area contributed by atoms with Crippen molar-refractivity contribution in [2.75, 3.05) is 47.1 Å². The summed E-state index contributed by atoms with van der Waals surface area (Å²) in [6.07, 6.45) is -0.0736. The molecule has 0 radical (unpaired) electrons. The van der Waals surface area contributed by atoms with Gasteiger partial charge < -0.3 is 29.5 Å². The molecule has 1 fully saturated rings. The first-order valence-corrected chi connectivity index (χ1v) is 6.95. The summed E-state index contributed by atoms with van der Waals surface area (Å²) in [6.45, 7) is 1.76. The quantitative estimate of drug-likeness (QED) is 0.593. The van der Waals surface area contributed by atoms with E-state index in [2.05, 4.69) is 0 Å². The molecule has 1 saturated heterocycles. The number of hydrogen-bond donors (Lipinski definition) is 2. The minimum atomic E-state index is -1.09. The lowest BCUT2D eigenvalue weighted by Gasteiger charge is -2.30. The third kappa shape index (κ3) is 5.14. The van der Waals surface area contributed by atoms with Crippen LogP contribution in [0.3, 0.4) is 0 Å². The predicted molar refractivity (Wildman–Crippen MR) is 74.1 cm³/mol. The number of likely N-dealkylation sites (tertiary alicyclic amines) is 1. The molecule has 122 valence electrons. The monoisotopic (exact) mass is 304 g/mol. The SMILES string of the molecule is COCCCN(CCOC)C(=O)N1C[C@H](O)C[C@@H]1C(=O)O. The van der Waals surface area contributed by atoms with Crippen LogP contribution in [-0.2, 0) is 14.3 Å². The van der Waals surface area contributed by atoms with Crippen molar-refractivity contribution in [2.24, 2.45) is 0 Å². The highest BCUT2D eigenvalue weighted by atomic mass is 16.5. The summed E-state index contributed by atoms with van der Waals surface area (Å²) in [5.41, 5.74) is 0. The zero-order valence-electron chi connectivity index (χ0n) is 12.5. The largest absolute Gasteiger partial charge is 0.480 e. The molecule has 1 aliphatic heterocycles. The number of amides is 2. The van der Waals surface area contributed by atoms with E-state index >= 15 is 0 Å². The first kappa shape index (κ1) is 17.7. The number of aliphatic carboxylic acids is 1. The Hall–Kier alpha value is -1.38. The smallest absolute Gasteiger partial charge is 0.326 e. The Balaban J connectivity index is 2.70. The van der Waals surface area contributed by atoms with Gasteiger partial charge in [0, 0.05) is 46.9 Å². The highest BCUT2D eigenvalue weighted by Crippen LogP contribution is 2.20. The summed E-state index contributed by atoms with van der Waals surface area (Å²) >= 11 is 0. The number of urea groups is 1. The maximum atomic E-state index is 12.5. The summed E-state index contributed by atoms with van der Waals surface area (Å²) in [6, 6.07) is -1.35. The lowest BCUT2D eigenvalue weighted by Crippen LogP contribution is -2.49. The van der Waals surface area contributed by atoms with Gasteiger partial charge in [0.2, 0.25) is 0 Å². The molecule has 21 heavy (non-hydrogen) atoms. The second-order valence-electron chi connectivity index (χ2n) is 5.00. The van der Waals surface area contributed by atoms with Crippen LogP contribution in [-0.4, -0.2) is 91.2 Å². The number of carbonyl (C=O) groups is 2. The molecular formula is C13H24N2O6. The number of aliphatic hydroxyl groups excluding tert-OH is 1. The molecule has 0 unspecified atom stereocenters. The Morgan fingerprint density at radius 2 is 1.90 bits per heavy atom. The molecule has 1 rings (SSSR count). The Bertz CT molecular complexity index is 352. The van der Waals surface area contributed by atoms with E-state index in [1.165, 1.54) is 16.9 Å². The molecule has 2 atom stereocenters. The Kier molecular flexibility index (Phi) is 7.41. The highest BCUT2D eigenvalue weighted by molar-refractivity contribution is 5.83. The van der Waals surface area contributed by atoms with Gasteiger partial charge in [-0.2, -0.15) is 0 Å². The number of methoxy groups -OCH3 is 2. The van der Waals surface area contributed by atoms with E-state index in [1.54, 1.807) is 7.11 Å². The number of hydrogen-bond acceptors (Lipinski definition) is 5. The van der Waals surface area contributed by atoms with Crippen molar-refractivity contribution in [3.63, 3.8) is 0 Å². The minimum absolute atomic E-state index is 0.0452. The zero-order valence-corrected chi connectivity index (χ0v) is 12.5. The highest BCUT2D eigenvalue weighted by Gasteiger charge is 2.40. The number of carboxylic acid groups (broad SMARTS) is 1. The first-order valence-electron chi connectivity index (χ1n) is 6.95. The molecule has 1 aliphatic rings. The van der Waals surface area contributed by atoms with E-state index in [0.717, 1.165) is 0 Å². The number of β-amino-alcohol motifs (C(OH)–C–C–N with tert-alkyl or cyclic N) is 1. The van der Waals surface area contributed by atoms with Gasteiger partial charge >= 0.3 is 12.0 Å². The second-order valence-corrected chi connectivity index (χ2v) is 5.00. The average Bonchev–Trinajstić information content (AvgIpc) is 2.84. The fourth-order valence-electron chi connectivity index (χ4n) is 2.35. The first-order chi connectivity index (χ1) is 10.0. The van der Waals surface area contributed by atoms with Crippen molar-refractivity contribution in [2.45, 2.75) is 25.0 Å². The Morgan fingerprint density at radius 3 is 2.48 bits per heavy atom. The van der Waals surface area contributed by atoms with Gasteiger partial charge in [0.1, 0.15) is 6.04 Å². The Morgan fingerprint density at radius 1 is 1.24 bits per heavy atom. The van der Waals surface area contributed by atoms with E-state index in [9.17, 15) is 14.7 Å². The van der Waals surface area contributed by atoms with Crippen LogP contribution in [0.5, 0.6) is 0 Å². The zero-order chi connectivity index (χ0) is 15.8. The standard InChI is InChI=1S/C13H24N2O6/c1-20-6-3-4-14(5-7-21-2)13(19)15-9-10(16)8-11(15)12(17)18/h10-11,16H,3-9H2,1-2H3,(H,17,18)/t10-,11-/m1/s1. The topological polar surface area (TPSA) is 99.5 Å². The lowest BCUT2D eigenvalue weighted by atomic mass is 10.2. The number of carboxylic acids is 1. The van der Waals surface area contributed by atoms with E-state index in [1.807, 2.05) is 0 Å². The maximum Gasteiger partial charge on any atom is 0.326 e. The lowest BCUT2D eigenvalue weighted by molar-refractivity contribution is -0.141. The van der Waals surface area contributed by atoms with Crippen LogP contribution >= 0.6 is 0 Å². The van der Waals surface area contributed by atoms with E-state index < -0.39 is 18.1 Å². The maximum absolute atomic E-state index is 12.5. The summed E-state index contributed by atoms with van der Waals surface area (Å²) in [4.78, 5) is 26.4. The second kappa shape index (κ2) is 8.81. The molecule has 0 bridgehead atoms. The molecule has 8 heteroatoms. The van der Waals surface area contributed by atoms with Gasteiger partial charge in [0.15, 0.2) is 0 Å². The van der Waals surface area contributed by atoms with E-state index in [0.29, 0.717) is 32.7 Å². The number of aliphatic hydroxyl groups is 1. The predicted octanol–water partition coefficient (Wildman–Crippen LogP) is -0.389. The number of ether oxygens (including phenoxy) is 2. The molecule has 1 heterocycles. The summed E-state index contributed by atoms with van der Waals surface area (Å²) in [5.74, 6) is -1.09. The minimum Gasteiger partial charge on any atom is -0.480 e. The van der Waals surface area contributed by atoms with Crippen LogP contribution in [0.1, 0.15) is 12.8 Å². The number of carbonyl (C=O) groups excluding carboxylic acids is 1. The third-order valence-corrected chi connectivity index (χ3v) is 3.42. The van der Waals surface area contributed by atoms with Crippen LogP contribution in [0.15, 0.2) is 0 Å². The van der Waals surface area contributed by atoms with Gasteiger partial charge in [-0.3, -0.25) is 0 Å². The summed E-state index contributed by atoms with van der Waals surface area (Å²) in [7, 11) is 3.12. The van der Waals surface area contributed by atoms with Crippen molar-refractivity contribution in [1.29, 1.82) is 0 Å². The van der Waals surface area contributed by atoms with Crippen LogP contribution in [0.2, 0.25) is 0 Å². The van der Waals surface area contributed by atoms with Crippen molar-refractivity contribution in [1.82, 2.24) is 9.80 Å². The van der Waals surface area contributed by atoms with Crippen LogP contribution < -0.4 is 0 Å². The molecule has 8 nitrogen and oxygen atoms in total. The molecule has 0 aromatic heterocycles. The van der Waals surface area contributed by atoms with Crippen molar-refractivity contribution in [3.8, 4) is 0 Å². The van der Waals surface area contributed by atoms with Gasteiger partial charge in [-0.1, -0.05) is 0 Å². The van der Waals surface area contributed by atoms with E-state index in [-0.39, 0.29) is 19.0 Å². The normalized spacial score (nSPS) is 21.6. The molecule has 0 spiro atoms. The number of rotatable bonds is 8. The fraction of sp³-hybridized carbons (Fsp3) is 0.846. The van der Waals surface area contributed by atoms with Crippen LogP contribution in [0.25, 0.3) is 0 Å². The summed E-state index contributed by atoms with van der Waals surface area (Å²) in [5, 5.41) is 18.8. The third-order valence-electron chi connectivity index (χ3n) is 3.42. The van der Waals surface area contributed by atoms with Crippen molar-refractivity contribution >= 4 is 12.0 Å². The summed E-state index contributed by atoms with van der Waals surface area (Å²) < 4.78 is 9.94. The van der Waals surface area contributed by atoms with Gasteiger partial charge in [-0.25, -0.2) is 9.59 Å². The molecule has 0 aliphatic carbocycles. The van der Waals surface area contributed by atoms with Crippen LogP contribution in [0.4, 0.5) is 4.79 Å². The number of nitrogens with zero attached hydrogens (tertiary/aromatic N) is 2. The Labute approximate surface area is 124 Å². The molecule has 0 aromatic rings. The molecule has 2 amide bonds.